The van der Waals surface area contributed by atoms with Crippen molar-refractivity contribution in [1.29, 1.82) is 0 Å². The van der Waals surface area contributed by atoms with E-state index < -0.39 is 0 Å². The van der Waals surface area contributed by atoms with Crippen molar-refractivity contribution in [3.63, 3.8) is 0 Å². The molecule has 92 valence electrons. The number of aryl methyl sites for hydroxylation is 1. The third-order valence-electron chi connectivity index (χ3n) is 3.32. The summed E-state index contributed by atoms with van der Waals surface area (Å²) in [6.45, 7) is 3.20. The van der Waals surface area contributed by atoms with Crippen molar-refractivity contribution in [3.8, 4) is 0 Å². The molecule has 1 saturated heterocycles. The lowest BCUT2D eigenvalue weighted by molar-refractivity contribution is 0.0756. The van der Waals surface area contributed by atoms with Gasteiger partial charge in [0.25, 0.3) is 5.91 Å². The van der Waals surface area contributed by atoms with Crippen LogP contribution in [0.5, 0.6) is 0 Å². The van der Waals surface area contributed by atoms with Crippen molar-refractivity contribution in [2.24, 2.45) is 0 Å². The Kier molecular flexibility index (Phi) is 3.77. The molecule has 0 radical (unpaired) electrons. The first kappa shape index (κ1) is 12.1. The van der Waals surface area contributed by atoms with Crippen molar-refractivity contribution < 1.29 is 9.18 Å². The van der Waals surface area contributed by atoms with Gasteiger partial charge in [0, 0.05) is 13.1 Å². The van der Waals surface area contributed by atoms with Crippen molar-refractivity contribution in [1.82, 2.24) is 4.90 Å². The average Bonchev–Trinajstić information content (AvgIpc) is 2.60. The maximum absolute atomic E-state index is 13.9. The summed E-state index contributed by atoms with van der Waals surface area (Å²) in [5, 5.41) is 0. The Morgan fingerprint density at radius 1 is 1.18 bits per heavy atom. The van der Waals surface area contributed by atoms with Crippen LogP contribution in [0.4, 0.5) is 4.39 Å². The van der Waals surface area contributed by atoms with Gasteiger partial charge < -0.3 is 4.90 Å². The molecule has 2 rings (SSSR count). The Morgan fingerprint density at radius 3 is 2.47 bits per heavy atom. The van der Waals surface area contributed by atoms with Gasteiger partial charge in [0.15, 0.2) is 0 Å². The Balaban J connectivity index is 2.20. The first-order chi connectivity index (χ1) is 8.20. The number of amides is 1. The fraction of sp³-hybridized carbons (Fsp3) is 0.500. The third-order valence-corrected chi connectivity index (χ3v) is 3.32. The van der Waals surface area contributed by atoms with Crippen molar-refractivity contribution in [2.45, 2.75) is 32.6 Å². The van der Waals surface area contributed by atoms with Gasteiger partial charge in [0.1, 0.15) is 5.82 Å². The van der Waals surface area contributed by atoms with Crippen LogP contribution in [-0.2, 0) is 0 Å². The highest BCUT2D eigenvalue weighted by Gasteiger charge is 2.20. The highest BCUT2D eigenvalue weighted by molar-refractivity contribution is 5.94. The quantitative estimate of drug-likeness (QED) is 0.732. The smallest absolute Gasteiger partial charge is 0.256 e. The summed E-state index contributed by atoms with van der Waals surface area (Å²) in [6.07, 6.45) is 4.39. The topological polar surface area (TPSA) is 20.3 Å². The van der Waals surface area contributed by atoms with Gasteiger partial charge in [-0.1, -0.05) is 25.0 Å². The Morgan fingerprint density at radius 2 is 1.82 bits per heavy atom. The molecule has 17 heavy (non-hydrogen) atoms. The van der Waals surface area contributed by atoms with Crippen LogP contribution in [0.15, 0.2) is 18.2 Å². The highest BCUT2D eigenvalue weighted by atomic mass is 19.1. The molecule has 0 atom stereocenters. The lowest BCUT2D eigenvalue weighted by Crippen LogP contribution is -2.32. The summed E-state index contributed by atoms with van der Waals surface area (Å²) in [4.78, 5) is 14.0. The number of hydrogen-bond acceptors (Lipinski definition) is 1. The molecule has 2 nitrogen and oxygen atoms in total. The van der Waals surface area contributed by atoms with E-state index in [1.165, 1.54) is 12.8 Å². The van der Waals surface area contributed by atoms with Crippen LogP contribution in [0.3, 0.4) is 0 Å². The van der Waals surface area contributed by atoms with Crippen LogP contribution in [-0.4, -0.2) is 23.9 Å². The van der Waals surface area contributed by atoms with Gasteiger partial charge in [-0.15, -0.1) is 0 Å². The van der Waals surface area contributed by atoms with Crippen LogP contribution in [0, 0.1) is 12.7 Å². The first-order valence-corrected chi connectivity index (χ1v) is 6.24. The largest absolute Gasteiger partial charge is 0.339 e. The van der Waals surface area contributed by atoms with E-state index >= 15 is 0 Å². The molecule has 0 aromatic heterocycles. The van der Waals surface area contributed by atoms with E-state index in [2.05, 4.69) is 0 Å². The van der Waals surface area contributed by atoms with Crippen molar-refractivity contribution >= 4 is 5.91 Å². The van der Waals surface area contributed by atoms with Gasteiger partial charge >= 0.3 is 0 Å². The van der Waals surface area contributed by atoms with Gasteiger partial charge in [0.2, 0.25) is 0 Å². The fourth-order valence-electron chi connectivity index (χ4n) is 2.26. The second kappa shape index (κ2) is 5.30. The molecule has 1 amide bonds. The van der Waals surface area contributed by atoms with Gasteiger partial charge in [-0.2, -0.15) is 0 Å². The standard InChI is InChI=1S/C14H18FNO/c1-11-7-6-8-12(13(11)15)14(17)16-9-4-2-3-5-10-16/h6-8H,2-5,9-10H2,1H3. The minimum Gasteiger partial charge on any atom is -0.339 e. The van der Waals surface area contributed by atoms with Gasteiger partial charge in [-0.3, -0.25) is 4.79 Å². The Labute approximate surface area is 101 Å². The summed E-state index contributed by atoms with van der Waals surface area (Å²) < 4.78 is 13.9. The normalized spacial score (nSPS) is 16.7. The zero-order valence-corrected chi connectivity index (χ0v) is 10.2. The second-order valence-electron chi connectivity index (χ2n) is 4.64. The van der Waals surface area contributed by atoms with Crippen LogP contribution < -0.4 is 0 Å². The molecule has 3 heteroatoms. The zero-order chi connectivity index (χ0) is 12.3. The third kappa shape index (κ3) is 2.65. The monoisotopic (exact) mass is 235 g/mol. The second-order valence-corrected chi connectivity index (χ2v) is 4.64. The fourth-order valence-corrected chi connectivity index (χ4v) is 2.26. The SMILES string of the molecule is Cc1cccc(C(=O)N2CCCCCC2)c1F. The molecule has 1 aromatic carbocycles. The number of likely N-dealkylation sites (tertiary alicyclic amines) is 1. The van der Waals surface area contributed by atoms with Crippen LogP contribution >= 0.6 is 0 Å². The van der Waals surface area contributed by atoms with E-state index in [0.717, 1.165) is 25.9 Å². The molecule has 1 heterocycles. The van der Waals surface area contributed by atoms with E-state index in [4.69, 9.17) is 0 Å². The first-order valence-electron chi connectivity index (χ1n) is 6.24. The Hall–Kier alpha value is -1.38. The predicted octanol–water partition coefficient (Wildman–Crippen LogP) is 3.15. The summed E-state index contributed by atoms with van der Waals surface area (Å²) >= 11 is 0. The van der Waals surface area contributed by atoms with E-state index in [1.54, 1.807) is 30.0 Å². The summed E-state index contributed by atoms with van der Waals surface area (Å²) in [7, 11) is 0. The van der Waals surface area contributed by atoms with Crippen molar-refractivity contribution in [2.75, 3.05) is 13.1 Å². The lowest BCUT2D eigenvalue weighted by atomic mass is 10.1. The molecular formula is C14H18FNO. The number of nitrogens with zero attached hydrogens (tertiary/aromatic N) is 1. The number of halogens is 1. The number of rotatable bonds is 1. The van der Waals surface area contributed by atoms with Gasteiger partial charge in [0.05, 0.1) is 5.56 Å². The van der Waals surface area contributed by atoms with Crippen LogP contribution in [0.25, 0.3) is 0 Å². The minimum atomic E-state index is -0.373. The summed E-state index contributed by atoms with van der Waals surface area (Å²) in [5.74, 6) is -0.533. The van der Waals surface area contributed by atoms with E-state index in [-0.39, 0.29) is 17.3 Å². The van der Waals surface area contributed by atoms with Crippen LogP contribution in [0.2, 0.25) is 0 Å². The average molecular weight is 235 g/mol. The number of benzene rings is 1. The molecule has 0 bridgehead atoms. The van der Waals surface area contributed by atoms with Crippen LogP contribution in [0.1, 0.15) is 41.6 Å². The lowest BCUT2D eigenvalue weighted by Gasteiger charge is -2.20. The van der Waals surface area contributed by atoms with Gasteiger partial charge in [-0.25, -0.2) is 4.39 Å². The molecule has 1 aromatic rings. The summed E-state index contributed by atoms with van der Waals surface area (Å²) in [6, 6.07) is 5.01. The van der Waals surface area contributed by atoms with Crippen molar-refractivity contribution in [3.05, 3.63) is 35.1 Å². The molecule has 1 aliphatic heterocycles. The van der Waals surface area contributed by atoms with E-state index in [0.29, 0.717) is 5.56 Å². The number of carbonyl (C=O) groups is 1. The molecule has 0 aliphatic carbocycles. The molecule has 0 spiro atoms. The predicted molar refractivity (Wildman–Crippen MR) is 65.5 cm³/mol. The maximum Gasteiger partial charge on any atom is 0.256 e. The summed E-state index contributed by atoms with van der Waals surface area (Å²) in [5.41, 5.74) is 0.748. The van der Waals surface area contributed by atoms with Gasteiger partial charge in [-0.05, 0) is 31.4 Å². The number of carbonyl (C=O) groups excluding carboxylic acids is 1. The Bertz CT molecular complexity index is 409. The van der Waals surface area contributed by atoms with E-state index in [1.807, 2.05) is 0 Å². The molecule has 0 N–H and O–H groups in total. The molecule has 1 fully saturated rings. The zero-order valence-electron chi connectivity index (χ0n) is 10.2. The molecule has 1 aliphatic rings. The maximum atomic E-state index is 13.9. The molecule has 0 unspecified atom stereocenters. The molecular weight excluding hydrogens is 217 g/mol. The van der Waals surface area contributed by atoms with E-state index in [9.17, 15) is 9.18 Å². The highest BCUT2D eigenvalue weighted by Crippen LogP contribution is 2.17. The molecule has 0 saturated carbocycles. The minimum absolute atomic E-state index is 0.159. The number of hydrogen-bond donors (Lipinski definition) is 0.